The van der Waals surface area contributed by atoms with Crippen molar-refractivity contribution in [1.29, 1.82) is 0 Å². The Balaban J connectivity index is 1.36. The minimum Gasteiger partial charge on any atom is -0.360 e. The zero-order chi connectivity index (χ0) is 20.9. The molecule has 2 bridgehead atoms. The van der Waals surface area contributed by atoms with Crippen LogP contribution < -0.4 is 0 Å². The summed E-state index contributed by atoms with van der Waals surface area (Å²) in [5, 5.41) is 0. The molecule has 4 heterocycles. The van der Waals surface area contributed by atoms with Gasteiger partial charge in [0.1, 0.15) is 11.9 Å². The van der Waals surface area contributed by atoms with Crippen LogP contribution in [0.5, 0.6) is 0 Å². The zero-order valence-electron chi connectivity index (χ0n) is 17.1. The molecular formula is C23H24N4O3. The zero-order valence-corrected chi connectivity index (χ0v) is 17.1. The van der Waals surface area contributed by atoms with Gasteiger partial charge in [0.2, 0.25) is 11.8 Å². The van der Waals surface area contributed by atoms with Gasteiger partial charge < -0.3 is 14.5 Å². The number of aryl methyl sites for hydroxylation is 1. The summed E-state index contributed by atoms with van der Waals surface area (Å²) in [5.74, 6) is -1.06. The standard InChI is InChI=1S/C23H24N4O3/c1-15-4-3-5-16(10-15)11-27-13-23-8-6-18(30-23)19(20(23)22(27)29)21(28)26(2)12-17-7-9-24-14-25-17/h3-10,14,18-20H,11-13H2,1-2H3/t18-,19?,20?,23-/m0/s1. The molecule has 7 heteroatoms. The molecule has 1 aromatic carbocycles. The Hall–Kier alpha value is -3.06. The molecule has 0 saturated carbocycles. The fourth-order valence-electron chi connectivity index (χ4n) is 5.01. The lowest BCUT2D eigenvalue weighted by atomic mass is 9.76. The average Bonchev–Trinajstić information content (AvgIpc) is 3.37. The molecule has 1 spiro atoms. The van der Waals surface area contributed by atoms with Gasteiger partial charge in [-0.1, -0.05) is 42.0 Å². The number of fused-ring (bicyclic) bond motifs is 1. The lowest BCUT2D eigenvalue weighted by molar-refractivity contribution is -0.142. The van der Waals surface area contributed by atoms with Crippen LogP contribution in [0.2, 0.25) is 0 Å². The van der Waals surface area contributed by atoms with Gasteiger partial charge in [0.05, 0.1) is 36.7 Å². The van der Waals surface area contributed by atoms with E-state index in [0.717, 1.165) is 16.8 Å². The summed E-state index contributed by atoms with van der Waals surface area (Å²) in [7, 11) is 1.75. The number of carbonyl (C=O) groups excluding carboxylic acids is 2. The second-order valence-corrected chi connectivity index (χ2v) is 8.48. The maximum Gasteiger partial charge on any atom is 0.230 e. The molecule has 1 aromatic heterocycles. The van der Waals surface area contributed by atoms with Crippen LogP contribution in [0.15, 0.2) is 55.0 Å². The Labute approximate surface area is 175 Å². The van der Waals surface area contributed by atoms with Gasteiger partial charge in [0.25, 0.3) is 0 Å². The van der Waals surface area contributed by atoms with Gasteiger partial charge in [0.15, 0.2) is 0 Å². The van der Waals surface area contributed by atoms with Gasteiger partial charge in [-0.2, -0.15) is 0 Å². The Kier molecular flexibility index (Phi) is 4.43. The minimum atomic E-state index is -0.693. The summed E-state index contributed by atoms with van der Waals surface area (Å²) < 4.78 is 6.23. The maximum atomic E-state index is 13.4. The quantitative estimate of drug-likeness (QED) is 0.710. The summed E-state index contributed by atoms with van der Waals surface area (Å²) in [6.45, 7) is 3.42. The molecule has 2 fully saturated rings. The number of ether oxygens (including phenoxy) is 1. The highest BCUT2D eigenvalue weighted by atomic mass is 16.5. The SMILES string of the molecule is Cc1cccc(CN2C[C@]34C=C[C@H](O3)C(C(=O)N(C)Cc3ccncn3)C4C2=O)c1. The lowest BCUT2D eigenvalue weighted by Crippen LogP contribution is -2.44. The number of aromatic nitrogens is 2. The molecule has 0 aliphatic carbocycles. The first-order valence-corrected chi connectivity index (χ1v) is 10.2. The number of hydrogen-bond donors (Lipinski definition) is 0. The van der Waals surface area contributed by atoms with Crippen LogP contribution in [0.4, 0.5) is 0 Å². The number of hydrogen-bond acceptors (Lipinski definition) is 5. The van der Waals surface area contributed by atoms with Crippen LogP contribution >= 0.6 is 0 Å². The van der Waals surface area contributed by atoms with E-state index in [1.165, 1.54) is 6.33 Å². The molecule has 3 aliphatic heterocycles. The summed E-state index contributed by atoms with van der Waals surface area (Å²) in [4.78, 5) is 38.3. The molecule has 2 amide bonds. The molecule has 2 saturated heterocycles. The Morgan fingerprint density at radius 3 is 3.00 bits per heavy atom. The largest absolute Gasteiger partial charge is 0.360 e. The normalized spacial score (nSPS) is 28.8. The van der Waals surface area contributed by atoms with Crippen LogP contribution in [0, 0.1) is 18.8 Å². The fraction of sp³-hybridized carbons (Fsp3) is 0.391. The highest BCUT2D eigenvalue weighted by Gasteiger charge is 2.67. The second kappa shape index (κ2) is 7.02. The molecule has 2 unspecified atom stereocenters. The van der Waals surface area contributed by atoms with Crippen molar-refractivity contribution < 1.29 is 14.3 Å². The molecule has 7 nitrogen and oxygen atoms in total. The van der Waals surface area contributed by atoms with Crippen LogP contribution in [0.25, 0.3) is 0 Å². The van der Waals surface area contributed by atoms with Crippen molar-refractivity contribution in [1.82, 2.24) is 19.8 Å². The van der Waals surface area contributed by atoms with E-state index in [1.54, 1.807) is 24.2 Å². The molecular weight excluding hydrogens is 380 g/mol. The summed E-state index contributed by atoms with van der Waals surface area (Å²) in [6, 6.07) is 9.94. The molecule has 154 valence electrons. The van der Waals surface area contributed by atoms with Crippen molar-refractivity contribution in [2.24, 2.45) is 11.8 Å². The van der Waals surface area contributed by atoms with Crippen molar-refractivity contribution in [2.75, 3.05) is 13.6 Å². The lowest BCUT2D eigenvalue weighted by Gasteiger charge is -2.27. The second-order valence-electron chi connectivity index (χ2n) is 8.48. The topological polar surface area (TPSA) is 75.6 Å². The van der Waals surface area contributed by atoms with Gasteiger partial charge in [0, 0.05) is 19.8 Å². The van der Waals surface area contributed by atoms with Crippen molar-refractivity contribution in [3.8, 4) is 0 Å². The van der Waals surface area contributed by atoms with Gasteiger partial charge in [-0.3, -0.25) is 9.59 Å². The molecule has 0 N–H and O–H groups in total. The third-order valence-corrected chi connectivity index (χ3v) is 6.34. The summed E-state index contributed by atoms with van der Waals surface area (Å²) in [6.07, 6.45) is 6.71. The number of carbonyl (C=O) groups is 2. The predicted molar refractivity (Wildman–Crippen MR) is 109 cm³/mol. The van der Waals surface area contributed by atoms with E-state index in [1.807, 2.05) is 42.2 Å². The molecule has 30 heavy (non-hydrogen) atoms. The first kappa shape index (κ1) is 18.9. The van der Waals surface area contributed by atoms with E-state index in [-0.39, 0.29) is 17.9 Å². The van der Waals surface area contributed by atoms with Gasteiger partial charge in [-0.05, 0) is 18.6 Å². The number of rotatable bonds is 5. The fourth-order valence-corrected chi connectivity index (χ4v) is 5.01. The van der Waals surface area contributed by atoms with Gasteiger partial charge >= 0.3 is 0 Å². The highest BCUT2D eigenvalue weighted by molar-refractivity contribution is 5.93. The van der Waals surface area contributed by atoms with E-state index in [9.17, 15) is 9.59 Å². The summed E-state index contributed by atoms with van der Waals surface area (Å²) >= 11 is 0. The molecule has 5 rings (SSSR count). The Morgan fingerprint density at radius 2 is 2.23 bits per heavy atom. The van der Waals surface area contributed by atoms with Crippen LogP contribution in [-0.2, 0) is 27.4 Å². The van der Waals surface area contributed by atoms with E-state index < -0.39 is 17.4 Å². The minimum absolute atomic E-state index is 0.00265. The van der Waals surface area contributed by atoms with Crippen molar-refractivity contribution >= 4 is 11.8 Å². The molecule has 4 atom stereocenters. The number of likely N-dealkylation sites (tertiary alicyclic amines) is 1. The first-order valence-electron chi connectivity index (χ1n) is 10.2. The Bertz CT molecular complexity index is 1020. The molecule has 0 radical (unpaired) electrons. The van der Waals surface area contributed by atoms with Crippen LogP contribution in [0.3, 0.4) is 0 Å². The smallest absolute Gasteiger partial charge is 0.230 e. The number of amides is 2. The van der Waals surface area contributed by atoms with E-state index in [2.05, 4.69) is 16.0 Å². The van der Waals surface area contributed by atoms with Gasteiger partial charge in [-0.25, -0.2) is 9.97 Å². The van der Waals surface area contributed by atoms with Crippen molar-refractivity contribution in [2.45, 2.75) is 31.7 Å². The molecule has 3 aliphatic rings. The van der Waals surface area contributed by atoms with Crippen molar-refractivity contribution in [3.63, 3.8) is 0 Å². The number of nitrogens with zero attached hydrogens (tertiary/aromatic N) is 4. The maximum absolute atomic E-state index is 13.4. The molecule has 2 aromatic rings. The number of benzene rings is 1. The van der Waals surface area contributed by atoms with E-state index >= 15 is 0 Å². The van der Waals surface area contributed by atoms with Gasteiger partial charge in [-0.15, -0.1) is 0 Å². The Morgan fingerprint density at radius 1 is 1.37 bits per heavy atom. The van der Waals surface area contributed by atoms with E-state index in [0.29, 0.717) is 19.6 Å². The van der Waals surface area contributed by atoms with E-state index in [4.69, 9.17) is 4.74 Å². The average molecular weight is 404 g/mol. The summed E-state index contributed by atoms with van der Waals surface area (Å²) in [5.41, 5.74) is 2.31. The van der Waals surface area contributed by atoms with Crippen LogP contribution in [0.1, 0.15) is 16.8 Å². The third kappa shape index (κ3) is 3.01. The monoisotopic (exact) mass is 404 g/mol. The highest BCUT2D eigenvalue weighted by Crippen LogP contribution is 2.52. The first-order chi connectivity index (χ1) is 14.5. The third-order valence-electron chi connectivity index (χ3n) is 6.34. The van der Waals surface area contributed by atoms with Crippen LogP contribution in [-0.4, -0.2) is 56.9 Å². The predicted octanol–water partition coefficient (Wildman–Crippen LogP) is 1.73. The van der Waals surface area contributed by atoms with Crippen molar-refractivity contribution in [3.05, 3.63) is 71.8 Å².